The van der Waals surface area contributed by atoms with Gasteiger partial charge in [-0.3, -0.25) is 14.8 Å². The van der Waals surface area contributed by atoms with Crippen LogP contribution in [0.4, 0.5) is 4.39 Å². The molecule has 5 rings (SSSR count). The summed E-state index contributed by atoms with van der Waals surface area (Å²) in [5, 5.41) is 3.22. The van der Waals surface area contributed by atoms with Gasteiger partial charge in [-0.15, -0.1) is 0 Å². The first kappa shape index (κ1) is 14.8. The summed E-state index contributed by atoms with van der Waals surface area (Å²) in [6, 6.07) is 8.65. The van der Waals surface area contributed by atoms with E-state index in [0.29, 0.717) is 19.0 Å². The molecule has 2 aromatic heterocycles. The molecule has 128 valence electrons. The van der Waals surface area contributed by atoms with Crippen LogP contribution < -0.4 is 5.56 Å². The van der Waals surface area contributed by atoms with Crippen molar-refractivity contribution in [3.8, 4) is 0 Å². The van der Waals surface area contributed by atoms with E-state index in [1.807, 2.05) is 12.1 Å². The fourth-order valence-electron chi connectivity index (χ4n) is 3.69. The standard InChI is InChI=1S/C19H19FN4O/c20-14-3-1-2-12(8-14)10-23-7-6-16-15(11-23)19(25)24-18(21-16)9-17(22-24)13-4-5-13/h1-3,8-9,13,22H,4-7,10-11H2. The number of hydrogen-bond donors (Lipinski definition) is 1. The summed E-state index contributed by atoms with van der Waals surface area (Å²) in [7, 11) is 0. The van der Waals surface area contributed by atoms with Crippen molar-refractivity contribution < 1.29 is 4.39 Å². The molecule has 3 aromatic rings. The smallest absolute Gasteiger partial charge is 0.277 e. The van der Waals surface area contributed by atoms with Gasteiger partial charge in [-0.2, -0.15) is 0 Å². The fourth-order valence-corrected chi connectivity index (χ4v) is 3.69. The maximum absolute atomic E-state index is 13.4. The third-order valence-electron chi connectivity index (χ3n) is 5.17. The highest BCUT2D eigenvalue weighted by Crippen LogP contribution is 2.39. The van der Waals surface area contributed by atoms with E-state index in [1.54, 1.807) is 16.6 Å². The van der Waals surface area contributed by atoms with Gasteiger partial charge in [-0.1, -0.05) is 12.1 Å². The minimum absolute atomic E-state index is 0.00385. The van der Waals surface area contributed by atoms with E-state index in [2.05, 4.69) is 10.00 Å². The van der Waals surface area contributed by atoms with Gasteiger partial charge in [0.15, 0.2) is 5.65 Å². The van der Waals surface area contributed by atoms with Crippen LogP contribution in [0.1, 0.15) is 41.3 Å². The molecule has 1 saturated carbocycles. The summed E-state index contributed by atoms with van der Waals surface area (Å²) >= 11 is 0. The Morgan fingerprint density at radius 1 is 1.28 bits per heavy atom. The highest BCUT2D eigenvalue weighted by molar-refractivity contribution is 5.43. The van der Waals surface area contributed by atoms with E-state index >= 15 is 0 Å². The first-order valence-electron chi connectivity index (χ1n) is 8.77. The number of aromatic amines is 1. The number of nitrogens with zero attached hydrogens (tertiary/aromatic N) is 3. The molecule has 6 heteroatoms. The third kappa shape index (κ3) is 2.66. The number of H-pyrrole nitrogens is 1. The second-order valence-corrected chi connectivity index (χ2v) is 7.11. The lowest BCUT2D eigenvalue weighted by atomic mass is 10.1. The molecule has 0 unspecified atom stereocenters. The largest absolute Gasteiger partial charge is 0.294 e. The van der Waals surface area contributed by atoms with Crippen molar-refractivity contribution in [3.63, 3.8) is 0 Å². The Balaban J connectivity index is 1.47. The van der Waals surface area contributed by atoms with Crippen LogP contribution in [0.15, 0.2) is 35.1 Å². The number of aromatic nitrogens is 3. The molecule has 1 N–H and O–H groups in total. The Morgan fingerprint density at radius 3 is 2.96 bits per heavy atom. The average molecular weight is 338 g/mol. The molecule has 3 heterocycles. The normalized spacial score (nSPS) is 17.8. The van der Waals surface area contributed by atoms with Gasteiger partial charge in [0, 0.05) is 43.7 Å². The summed E-state index contributed by atoms with van der Waals surface area (Å²) in [5.74, 6) is 0.333. The van der Waals surface area contributed by atoms with Gasteiger partial charge < -0.3 is 0 Å². The van der Waals surface area contributed by atoms with Gasteiger partial charge in [0.2, 0.25) is 0 Å². The number of halogens is 1. The van der Waals surface area contributed by atoms with Crippen molar-refractivity contribution in [1.29, 1.82) is 0 Å². The molecule has 2 aliphatic rings. The van der Waals surface area contributed by atoms with E-state index in [0.717, 1.165) is 41.1 Å². The van der Waals surface area contributed by atoms with Crippen LogP contribution in [-0.4, -0.2) is 26.0 Å². The highest BCUT2D eigenvalue weighted by atomic mass is 19.1. The van der Waals surface area contributed by atoms with Gasteiger partial charge in [0.05, 0.1) is 11.3 Å². The molecule has 0 amide bonds. The van der Waals surface area contributed by atoms with E-state index < -0.39 is 0 Å². The zero-order valence-corrected chi connectivity index (χ0v) is 13.8. The molecule has 0 saturated heterocycles. The molecule has 1 aliphatic carbocycles. The van der Waals surface area contributed by atoms with Crippen LogP contribution in [0.25, 0.3) is 5.65 Å². The Morgan fingerprint density at radius 2 is 2.16 bits per heavy atom. The molecule has 1 aliphatic heterocycles. The summed E-state index contributed by atoms with van der Waals surface area (Å²) < 4.78 is 15.0. The zero-order chi connectivity index (χ0) is 17.0. The van der Waals surface area contributed by atoms with Crippen molar-refractivity contribution in [2.45, 2.75) is 38.3 Å². The number of fused-ring (bicyclic) bond motifs is 2. The van der Waals surface area contributed by atoms with Gasteiger partial charge in [-0.05, 0) is 30.5 Å². The lowest BCUT2D eigenvalue weighted by Crippen LogP contribution is -2.36. The van der Waals surface area contributed by atoms with E-state index in [-0.39, 0.29) is 11.4 Å². The first-order valence-corrected chi connectivity index (χ1v) is 8.77. The average Bonchev–Trinajstić information content (AvgIpc) is 3.36. The van der Waals surface area contributed by atoms with Gasteiger partial charge in [0.1, 0.15) is 5.82 Å². The van der Waals surface area contributed by atoms with E-state index in [1.165, 1.54) is 18.9 Å². The Bertz CT molecular complexity index is 1020. The molecule has 0 atom stereocenters. The predicted octanol–water partition coefficient (Wildman–Crippen LogP) is 2.60. The zero-order valence-electron chi connectivity index (χ0n) is 13.8. The highest BCUT2D eigenvalue weighted by Gasteiger charge is 2.27. The van der Waals surface area contributed by atoms with Crippen LogP contribution >= 0.6 is 0 Å². The van der Waals surface area contributed by atoms with E-state index in [4.69, 9.17) is 4.98 Å². The Labute approximate surface area is 144 Å². The van der Waals surface area contributed by atoms with Crippen LogP contribution in [0, 0.1) is 5.82 Å². The van der Waals surface area contributed by atoms with Crippen LogP contribution in [-0.2, 0) is 19.5 Å². The van der Waals surface area contributed by atoms with Crippen LogP contribution in [0.3, 0.4) is 0 Å². The predicted molar refractivity (Wildman–Crippen MR) is 92.0 cm³/mol. The SMILES string of the molecule is O=c1c2c(nc3cc(C4CC4)[nH]n13)CCN(Cc1cccc(F)c1)C2. The molecule has 0 radical (unpaired) electrons. The Hall–Kier alpha value is -2.47. The van der Waals surface area contributed by atoms with Gasteiger partial charge in [-0.25, -0.2) is 13.9 Å². The molecule has 0 spiro atoms. The molecule has 0 bridgehead atoms. The quantitative estimate of drug-likeness (QED) is 0.799. The van der Waals surface area contributed by atoms with E-state index in [9.17, 15) is 9.18 Å². The lowest BCUT2D eigenvalue weighted by Gasteiger charge is -2.27. The van der Waals surface area contributed by atoms with Crippen LogP contribution in [0.5, 0.6) is 0 Å². The van der Waals surface area contributed by atoms with Gasteiger partial charge >= 0.3 is 0 Å². The van der Waals surface area contributed by atoms with Crippen LogP contribution in [0.2, 0.25) is 0 Å². The minimum Gasteiger partial charge on any atom is -0.294 e. The summed E-state index contributed by atoms with van der Waals surface area (Å²) in [4.78, 5) is 19.8. The summed E-state index contributed by atoms with van der Waals surface area (Å²) in [6.07, 6.45) is 3.12. The number of rotatable bonds is 3. The van der Waals surface area contributed by atoms with Crippen molar-refractivity contribution in [2.75, 3.05) is 6.54 Å². The summed E-state index contributed by atoms with van der Waals surface area (Å²) in [5.41, 5.74) is 4.42. The molecule has 25 heavy (non-hydrogen) atoms. The van der Waals surface area contributed by atoms with Gasteiger partial charge in [0.25, 0.3) is 5.56 Å². The summed E-state index contributed by atoms with van der Waals surface area (Å²) in [6.45, 7) is 2.02. The molecular formula is C19H19FN4O. The first-order chi connectivity index (χ1) is 12.2. The Kier molecular flexibility index (Phi) is 3.28. The number of hydrogen-bond acceptors (Lipinski definition) is 3. The van der Waals surface area contributed by atoms with Crippen molar-refractivity contribution in [2.24, 2.45) is 0 Å². The molecule has 1 fully saturated rings. The number of nitrogens with one attached hydrogen (secondary N) is 1. The fraction of sp³-hybridized carbons (Fsp3) is 0.368. The third-order valence-corrected chi connectivity index (χ3v) is 5.17. The maximum atomic E-state index is 13.4. The molecule has 5 nitrogen and oxygen atoms in total. The van der Waals surface area contributed by atoms with Crippen molar-refractivity contribution in [1.82, 2.24) is 19.5 Å². The molecular weight excluding hydrogens is 319 g/mol. The van der Waals surface area contributed by atoms with Crippen molar-refractivity contribution in [3.05, 3.63) is 69.0 Å². The molecule has 1 aromatic carbocycles. The topological polar surface area (TPSA) is 53.4 Å². The number of benzene rings is 1. The maximum Gasteiger partial charge on any atom is 0.277 e. The van der Waals surface area contributed by atoms with Crippen molar-refractivity contribution >= 4 is 5.65 Å². The second kappa shape index (κ2) is 5.52. The second-order valence-electron chi connectivity index (χ2n) is 7.11. The minimum atomic E-state index is -0.225. The lowest BCUT2D eigenvalue weighted by molar-refractivity contribution is 0.241. The monoisotopic (exact) mass is 338 g/mol.